The van der Waals surface area contributed by atoms with Crippen LogP contribution in [0.4, 0.5) is 0 Å². The van der Waals surface area contributed by atoms with Crippen molar-refractivity contribution < 1.29 is 15.0 Å². The molecule has 5 rings (SSSR count). The standard InChI is InChI=1S/C29H28O3/c30-15-5-10-27(31)21-13-11-20(12-14-21)18-29(19-24-8-3-4-9-26(24)28(29)32)25-16-22-6-1-2-7-23(22)17-25/h1-4,6-9,11-14,16,28,30,32H,5,10,15,17-19H2/t28-,29+/m0/s1. The van der Waals surface area contributed by atoms with E-state index in [4.69, 9.17) is 5.11 Å². The van der Waals surface area contributed by atoms with E-state index in [0.717, 1.165) is 24.0 Å². The largest absolute Gasteiger partial charge is 0.396 e. The molecule has 0 heterocycles. The van der Waals surface area contributed by atoms with Gasteiger partial charge in [-0.25, -0.2) is 0 Å². The zero-order valence-electron chi connectivity index (χ0n) is 18.1. The Hall–Kier alpha value is -3.01. The molecular formula is C29H28O3. The van der Waals surface area contributed by atoms with Gasteiger partial charge in [0.15, 0.2) is 5.78 Å². The minimum absolute atomic E-state index is 0.0301. The second-order valence-corrected chi connectivity index (χ2v) is 9.10. The van der Waals surface area contributed by atoms with Gasteiger partial charge in [0.05, 0.1) is 6.10 Å². The quantitative estimate of drug-likeness (QED) is 0.519. The maximum atomic E-state index is 12.3. The summed E-state index contributed by atoms with van der Waals surface area (Å²) < 4.78 is 0. The number of hydrogen-bond acceptors (Lipinski definition) is 3. The third-order valence-electron chi connectivity index (χ3n) is 7.14. The van der Waals surface area contributed by atoms with Crippen LogP contribution in [0, 0.1) is 5.41 Å². The predicted octanol–water partition coefficient (Wildman–Crippen LogP) is 5.10. The summed E-state index contributed by atoms with van der Waals surface area (Å²) in [6, 6.07) is 24.5. The van der Waals surface area contributed by atoms with Crippen molar-refractivity contribution in [3.8, 4) is 0 Å². The van der Waals surface area contributed by atoms with Gasteiger partial charge in [-0.1, -0.05) is 84.4 Å². The highest BCUT2D eigenvalue weighted by Gasteiger charge is 2.48. The molecule has 3 aromatic rings. The first kappa shape index (κ1) is 20.9. The molecular weight excluding hydrogens is 396 g/mol. The van der Waals surface area contributed by atoms with Crippen LogP contribution < -0.4 is 0 Å². The SMILES string of the molecule is O=C(CCCO)c1ccc(C[C@]2(C3=Cc4ccccc4C3)Cc3ccccc3[C@@H]2O)cc1. The number of aliphatic hydroxyl groups excluding tert-OH is 2. The van der Waals surface area contributed by atoms with Crippen LogP contribution in [0.3, 0.4) is 0 Å². The molecule has 2 aliphatic rings. The lowest BCUT2D eigenvalue weighted by Crippen LogP contribution is -2.31. The lowest BCUT2D eigenvalue weighted by atomic mass is 9.70. The summed E-state index contributed by atoms with van der Waals surface area (Å²) in [5.74, 6) is 0.0579. The van der Waals surface area contributed by atoms with E-state index in [1.807, 2.05) is 42.5 Å². The van der Waals surface area contributed by atoms with Gasteiger partial charge in [0.1, 0.15) is 0 Å². The van der Waals surface area contributed by atoms with E-state index >= 15 is 0 Å². The number of carbonyl (C=O) groups is 1. The molecule has 32 heavy (non-hydrogen) atoms. The molecule has 0 radical (unpaired) electrons. The Balaban J connectivity index is 1.48. The molecule has 2 N–H and O–H groups in total. The van der Waals surface area contributed by atoms with Crippen molar-refractivity contribution in [2.45, 2.75) is 38.2 Å². The van der Waals surface area contributed by atoms with E-state index in [1.165, 1.54) is 22.3 Å². The molecule has 0 amide bonds. The van der Waals surface area contributed by atoms with E-state index in [0.29, 0.717) is 24.8 Å². The average molecular weight is 425 g/mol. The summed E-state index contributed by atoms with van der Waals surface area (Å²) in [6.07, 6.45) is 4.94. The Morgan fingerprint density at radius 2 is 1.66 bits per heavy atom. The van der Waals surface area contributed by atoms with E-state index in [9.17, 15) is 9.90 Å². The molecule has 0 fully saturated rings. The number of benzene rings is 3. The number of rotatable bonds is 7. The Morgan fingerprint density at radius 1 is 0.938 bits per heavy atom. The van der Waals surface area contributed by atoms with Crippen LogP contribution in [0.15, 0.2) is 78.4 Å². The van der Waals surface area contributed by atoms with Crippen LogP contribution >= 0.6 is 0 Å². The van der Waals surface area contributed by atoms with Gasteiger partial charge < -0.3 is 10.2 Å². The second kappa shape index (κ2) is 8.50. The molecule has 3 heteroatoms. The summed E-state index contributed by atoms with van der Waals surface area (Å²) in [5.41, 5.74) is 7.49. The smallest absolute Gasteiger partial charge is 0.162 e. The fourth-order valence-corrected chi connectivity index (χ4v) is 5.41. The fourth-order valence-electron chi connectivity index (χ4n) is 5.41. The summed E-state index contributed by atoms with van der Waals surface area (Å²) >= 11 is 0. The normalized spacial score (nSPS) is 21.2. The second-order valence-electron chi connectivity index (χ2n) is 9.10. The number of fused-ring (bicyclic) bond motifs is 2. The molecule has 0 bridgehead atoms. The number of ketones is 1. The number of hydrogen-bond donors (Lipinski definition) is 2. The fraction of sp³-hybridized carbons (Fsp3) is 0.276. The summed E-state index contributed by atoms with van der Waals surface area (Å²) in [5, 5.41) is 20.6. The molecule has 3 nitrogen and oxygen atoms in total. The van der Waals surface area contributed by atoms with E-state index in [-0.39, 0.29) is 12.4 Å². The van der Waals surface area contributed by atoms with Crippen LogP contribution in [-0.4, -0.2) is 22.6 Å². The summed E-state index contributed by atoms with van der Waals surface area (Å²) in [7, 11) is 0. The highest BCUT2D eigenvalue weighted by Crippen LogP contribution is 2.54. The summed E-state index contributed by atoms with van der Waals surface area (Å²) in [4.78, 5) is 12.3. The summed E-state index contributed by atoms with van der Waals surface area (Å²) in [6.45, 7) is 0.0301. The van der Waals surface area contributed by atoms with Crippen molar-refractivity contribution in [3.63, 3.8) is 0 Å². The first-order valence-electron chi connectivity index (χ1n) is 11.4. The molecule has 2 aliphatic carbocycles. The van der Waals surface area contributed by atoms with Gasteiger partial charge in [0.25, 0.3) is 0 Å². The number of aliphatic hydroxyl groups is 2. The van der Waals surface area contributed by atoms with Gasteiger partial charge in [-0.3, -0.25) is 4.79 Å². The monoisotopic (exact) mass is 424 g/mol. The zero-order chi connectivity index (χ0) is 22.1. The van der Waals surface area contributed by atoms with Gasteiger partial charge in [-0.2, -0.15) is 0 Å². The Morgan fingerprint density at radius 3 is 2.38 bits per heavy atom. The van der Waals surface area contributed by atoms with Crippen LogP contribution in [0.5, 0.6) is 0 Å². The van der Waals surface area contributed by atoms with Crippen molar-refractivity contribution in [1.29, 1.82) is 0 Å². The predicted molar refractivity (Wildman–Crippen MR) is 126 cm³/mol. The Labute approximate surface area is 189 Å². The Bertz CT molecular complexity index is 1180. The van der Waals surface area contributed by atoms with Crippen LogP contribution in [0.2, 0.25) is 0 Å². The van der Waals surface area contributed by atoms with Gasteiger partial charge in [-0.15, -0.1) is 0 Å². The molecule has 2 atom stereocenters. The molecule has 3 aromatic carbocycles. The van der Waals surface area contributed by atoms with Crippen molar-refractivity contribution in [3.05, 3.63) is 112 Å². The van der Waals surface area contributed by atoms with Gasteiger partial charge in [0.2, 0.25) is 0 Å². The van der Waals surface area contributed by atoms with Gasteiger partial charge >= 0.3 is 0 Å². The van der Waals surface area contributed by atoms with Crippen LogP contribution in [0.25, 0.3) is 6.08 Å². The lowest BCUT2D eigenvalue weighted by Gasteiger charge is -2.35. The topological polar surface area (TPSA) is 57.5 Å². The zero-order valence-corrected chi connectivity index (χ0v) is 18.1. The van der Waals surface area contributed by atoms with E-state index < -0.39 is 11.5 Å². The number of carbonyl (C=O) groups excluding carboxylic acids is 1. The molecule has 0 saturated heterocycles. The first-order chi connectivity index (χ1) is 15.6. The minimum Gasteiger partial charge on any atom is -0.396 e. The van der Waals surface area contributed by atoms with Crippen LogP contribution in [0.1, 0.15) is 57.1 Å². The third-order valence-corrected chi connectivity index (χ3v) is 7.14. The lowest BCUT2D eigenvalue weighted by molar-refractivity contribution is 0.0651. The average Bonchev–Trinajstić information content (AvgIpc) is 3.38. The molecule has 0 aromatic heterocycles. The van der Waals surface area contributed by atoms with Crippen LogP contribution in [-0.2, 0) is 19.3 Å². The van der Waals surface area contributed by atoms with E-state index in [1.54, 1.807) is 0 Å². The van der Waals surface area contributed by atoms with Crippen molar-refractivity contribution in [2.75, 3.05) is 6.61 Å². The van der Waals surface area contributed by atoms with Crippen molar-refractivity contribution >= 4 is 11.9 Å². The van der Waals surface area contributed by atoms with Gasteiger partial charge in [0, 0.05) is 24.0 Å². The maximum absolute atomic E-state index is 12.3. The molecule has 162 valence electrons. The van der Waals surface area contributed by atoms with Crippen molar-refractivity contribution in [1.82, 2.24) is 0 Å². The highest BCUT2D eigenvalue weighted by atomic mass is 16.3. The molecule has 0 unspecified atom stereocenters. The molecule has 0 saturated carbocycles. The first-order valence-corrected chi connectivity index (χ1v) is 11.4. The molecule has 0 spiro atoms. The Kier molecular flexibility index (Phi) is 5.54. The minimum atomic E-state index is -0.565. The maximum Gasteiger partial charge on any atom is 0.162 e. The van der Waals surface area contributed by atoms with Gasteiger partial charge in [-0.05, 0) is 53.5 Å². The molecule has 0 aliphatic heterocycles. The van der Waals surface area contributed by atoms with Crippen molar-refractivity contribution in [2.24, 2.45) is 5.41 Å². The third kappa shape index (κ3) is 3.62. The van der Waals surface area contributed by atoms with E-state index in [2.05, 4.69) is 36.4 Å². The number of Topliss-reactive ketones (excluding diaryl/α,β-unsaturated/α-hetero) is 1. The highest BCUT2D eigenvalue weighted by molar-refractivity contribution is 5.96.